The highest BCUT2D eigenvalue weighted by atomic mass is 16.7. The summed E-state index contributed by atoms with van der Waals surface area (Å²) in [5, 5.41) is 12.6. The van der Waals surface area contributed by atoms with Gasteiger partial charge in [0, 0.05) is 43.0 Å². The maximum absolute atomic E-state index is 6.52. The number of rotatable bonds is 11. The maximum Gasteiger partial charge on any atom is 0.216 e. The zero-order valence-corrected chi connectivity index (χ0v) is 23.8. The molecule has 0 saturated carbocycles. The molecular weight excluding hydrogens is 526 g/mol. The lowest BCUT2D eigenvalue weighted by Gasteiger charge is -2.43. The fourth-order valence-electron chi connectivity index (χ4n) is 5.81. The molecule has 5 heterocycles. The Kier molecular flexibility index (Phi) is 8.20. The van der Waals surface area contributed by atoms with Crippen LogP contribution in [0, 0.1) is 6.92 Å². The first-order valence-electron chi connectivity index (χ1n) is 14.1. The minimum atomic E-state index is -0.351. The van der Waals surface area contributed by atoms with Crippen molar-refractivity contribution in [2.75, 3.05) is 63.6 Å². The first kappa shape index (κ1) is 27.6. The van der Waals surface area contributed by atoms with Crippen molar-refractivity contribution < 1.29 is 28.4 Å². The normalized spacial score (nSPS) is 21.8. The van der Waals surface area contributed by atoms with E-state index in [1.54, 1.807) is 13.3 Å². The van der Waals surface area contributed by atoms with Crippen LogP contribution in [0.2, 0.25) is 0 Å². The van der Waals surface area contributed by atoms with E-state index in [9.17, 15) is 0 Å². The van der Waals surface area contributed by atoms with Crippen molar-refractivity contribution in [1.82, 2.24) is 15.2 Å². The highest BCUT2D eigenvalue weighted by Crippen LogP contribution is 2.45. The monoisotopic (exact) mass is 563 g/mol. The standard InChI is InChI=1S/C30H37N5O6/c1-4-30-15-22(41-28-20(2)13-21(16-31-28)29-38-11-12-39-29)17-35(30)25-14-24(33-34-27(25)32-18-30)23-7-5-6-8-26(23)40-19-37-10-9-36-3/h5-8,13-14,16,22,29H,4,9-12,15,17-19H2,1-3H3,(H,32,34)/t22-,30+/m1/s1. The van der Waals surface area contributed by atoms with Crippen LogP contribution in [0.3, 0.4) is 0 Å². The molecule has 0 aliphatic carbocycles. The second kappa shape index (κ2) is 12.2. The van der Waals surface area contributed by atoms with Crippen LogP contribution in [0.4, 0.5) is 11.5 Å². The first-order valence-corrected chi connectivity index (χ1v) is 14.1. The van der Waals surface area contributed by atoms with Crippen LogP contribution in [0.1, 0.15) is 37.2 Å². The van der Waals surface area contributed by atoms with E-state index in [-0.39, 0.29) is 24.7 Å². The van der Waals surface area contributed by atoms with Gasteiger partial charge in [-0.25, -0.2) is 4.98 Å². The van der Waals surface area contributed by atoms with Crippen molar-refractivity contribution in [3.05, 3.63) is 53.7 Å². The number of anilines is 2. The number of ether oxygens (including phenoxy) is 6. The van der Waals surface area contributed by atoms with Crippen LogP contribution in [0.15, 0.2) is 42.6 Å². The molecule has 0 radical (unpaired) electrons. The van der Waals surface area contributed by atoms with Gasteiger partial charge in [0.05, 0.1) is 49.9 Å². The third-order valence-electron chi connectivity index (χ3n) is 7.99. The van der Waals surface area contributed by atoms with E-state index < -0.39 is 0 Å². The van der Waals surface area contributed by atoms with E-state index in [0.29, 0.717) is 38.1 Å². The molecule has 6 rings (SSSR count). The number of pyridine rings is 1. The second-order valence-corrected chi connectivity index (χ2v) is 10.6. The van der Waals surface area contributed by atoms with Gasteiger partial charge in [-0.2, -0.15) is 0 Å². The number of hydrogen-bond donors (Lipinski definition) is 1. The van der Waals surface area contributed by atoms with Crippen molar-refractivity contribution >= 4 is 11.5 Å². The van der Waals surface area contributed by atoms with E-state index in [4.69, 9.17) is 28.4 Å². The van der Waals surface area contributed by atoms with Gasteiger partial charge in [-0.1, -0.05) is 19.1 Å². The molecule has 3 aliphatic heterocycles. The zero-order valence-electron chi connectivity index (χ0n) is 23.8. The summed E-state index contributed by atoms with van der Waals surface area (Å²) in [5.41, 5.74) is 4.37. The van der Waals surface area contributed by atoms with Crippen LogP contribution in [0.25, 0.3) is 11.3 Å². The van der Waals surface area contributed by atoms with Crippen molar-refractivity contribution in [3.63, 3.8) is 0 Å². The largest absolute Gasteiger partial charge is 0.472 e. The third-order valence-corrected chi connectivity index (χ3v) is 7.99. The lowest BCUT2D eigenvalue weighted by Crippen LogP contribution is -2.52. The molecule has 11 nitrogen and oxygen atoms in total. The summed E-state index contributed by atoms with van der Waals surface area (Å²) in [6.45, 7) is 8.03. The second-order valence-electron chi connectivity index (χ2n) is 10.6. The summed E-state index contributed by atoms with van der Waals surface area (Å²) in [4.78, 5) is 7.06. The first-order chi connectivity index (χ1) is 20.1. The van der Waals surface area contributed by atoms with E-state index >= 15 is 0 Å². The number of fused-ring (bicyclic) bond motifs is 3. The SMILES string of the molecule is CC[C@]12CNc3nnc(-c4ccccc4OCOCCOC)cc3N1C[C@H](Oc1ncc(C3OCCO3)cc1C)C2. The van der Waals surface area contributed by atoms with Crippen LogP contribution in [-0.2, 0) is 18.9 Å². The van der Waals surface area contributed by atoms with Gasteiger partial charge >= 0.3 is 0 Å². The molecule has 11 heteroatoms. The molecule has 0 unspecified atom stereocenters. The molecule has 0 bridgehead atoms. The fraction of sp³-hybridized carbons (Fsp3) is 0.500. The minimum Gasteiger partial charge on any atom is -0.472 e. The fourth-order valence-corrected chi connectivity index (χ4v) is 5.81. The number of nitrogens with zero attached hydrogens (tertiary/aromatic N) is 4. The van der Waals surface area contributed by atoms with Gasteiger partial charge in [-0.05, 0) is 37.6 Å². The van der Waals surface area contributed by atoms with E-state index in [1.165, 1.54) is 0 Å². The molecule has 2 saturated heterocycles. The molecule has 3 aromatic rings. The molecular formula is C30H37N5O6. The average molecular weight is 564 g/mol. The van der Waals surface area contributed by atoms with Gasteiger partial charge in [0.15, 0.2) is 18.9 Å². The topological polar surface area (TPSA) is 109 Å². The Hall–Kier alpha value is -3.51. The van der Waals surface area contributed by atoms with Crippen LogP contribution < -0.4 is 19.7 Å². The highest BCUT2D eigenvalue weighted by molar-refractivity contribution is 5.77. The zero-order chi connectivity index (χ0) is 28.2. The summed E-state index contributed by atoms with van der Waals surface area (Å²) in [6.07, 6.45) is 3.23. The molecule has 1 N–H and O–H groups in total. The van der Waals surface area contributed by atoms with Crippen molar-refractivity contribution in [1.29, 1.82) is 0 Å². The third kappa shape index (κ3) is 5.67. The Balaban J connectivity index is 1.21. The molecule has 0 amide bonds. The minimum absolute atomic E-state index is 0.0322. The molecule has 41 heavy (non-hydrogen) atoms. The summed E-state index contributed by atoms with van der Waals surface area (Å²) >= 11 is 0. The Bertz CT molecular complexity index is 1350. The van der Waals surface area contributed by atoms with Crippen molar-refractivity contribution in [2.24, 2.45) is 0 Å². The molecule has 218 valence electrons. The number of hydrogen-bond acceptors (Lipinski definition) is 11. The van der Waals surface area contributed by atoms with Gasteiger partial charge in [0.2, 0.25) is 5.88 Å². The molecule has 2 atom stereocenters. The van der Waals surface area contributed by atoms with Gasteiger partial charge in [0.1, 0.15) is 11.9 Å². The summed E-state index contributed by atoms with van der Waals surface area (Å²) < 4.78 is 34.3. The van der Waals surface area contributed by atoms with Crippen molar-refractivity contribution in [2.45, 2.75) is 44.6 Å². The Morgan fingerprint density at radius 3 is 2.78 bits per heavy atom. The highest BCUT2D eigenvalue weighted by Gasteiger charge is 2.49. The van der Waals surface area contributed by atoms with Crippen LogP contribution in [0.5, 0.6) is 11.6 Å². The van der Waals surface area contributed by atoms with E-state index in [2.05, 4.69) is 38.4 Å². The Labute approximate surface area is 240 Å². The van der Waals surface area contributed by atoms with Crippen LogP contribution in [-0.4, -0.2) is 80.2 Å². The molecule has 2 aromatic heterocycles. The lowest BCUT2D eigenvalue weighted by atomic mass is 9.90. The Morgan fingerprint density at radius 1 is 1.12 bits per heavy atom. The number of aromatic nitrogens is 3. The molecule has 3 aliphatic rings. The van der Waals surface area contributed by atoms with Crippen molar-refractivity contribution in [3.8, 4) is 22.9 Å². The Morgan fingerprint density at radius 2 is 1.98 bits per heavy atom. The molecule has 2 fully saturated rings. The number of para-hydroxylation sites is 1. The predicted octanol–water partition coefficient (Wildman–Crippen LogP) is 4.12. The summed E-state index contributed by atoms with van der Waals surface area (Å²) in [5.74, 6) is 2.10. The van der Waals surface area contributed by atoms with Crippen LogP contribution >= 0.6 is 0 Å². The van der Waals surface area contributed by atoms with E-state index in [0.717, 1.165) is 59.8 Å². The quantitative estimate of drug-likeness (QED) is 0.269. The van der Waals surface area contributed by atoms with Gasteiger partial charge in [-0.15, -0.1) is 10.2 Å². The number of nitrogens with one attached hydrogen (secondary N) is 1. The molecule has 0 spiro atoms. The van der Waals surface area contributed by atoms with Gasteiger partial charge in [-0.3, -0.25) is 0 Å². The molecule has 1 aromatic carbocycles. The number of benzene rings is 1. The maximum atomic E-state index is 6.52. The van der Waals surface area contributed by atoms with Gasteiger partial charge in [0.25, 0.3) is 0 Å². The smallest absolute Gasteiger partial charge is 0.216 e. The summed E-state index contributed by atoms with van der Waals surface area (Å²) in [6, 6.07) is 11.9. The number of methoxy groups -OCH3 is 1. The number of aryl methyl sites for hydroxylation is 1. The average Bonchev–Trinajstić information content (AvgIpc) is 3.67. The predicted molar refractivity (Wildman–Crippen MR) is 152 cm³/mol. The lowest BCUT2D eigenvalue weighted by molar-refractivity contribution is -0.0444. The summed E-state index contributed by atoms with van der Waals surface area (Å²) in [7, 11) is 1.64. The van der Waals surface area contributed by atoms with Gasteiger partial charge < -0.3 is 38.6 Å². The van der Waals surface area contributed by atoms with E-state index in [1.807, 2.05) is 37.3 Å².